The lowest BCUT2D eigenvalue weighted by Gasteiger charge is -2.33. The first kappa shape index (κ1) is 19.4. The maximum atomic E-state index is 13.5. The van der Waals surface area contributed by atoms with E-state index in [-0.39, 0.29) is 17.2 Å². The Morgan fingerprint density at radius 3 is 2.26 bits per heavy atom. The van der Waals surface area contributed by atoms with Crippen LogP contribution in [0.25, 0.3) is 12.2 Å². The van der Waals surface area contributed by atoms with E-state index in [9.17, 15) is 4.79 Å². The summed E-state index contributed by atoms with van der Waals surface area (Å²) in [6.07, 6.45) is 5.18. The highest BCUT2D eigenvalue weighted by Crippen LogP contribution is 2.34. The molecular formula is C25H31NO. The summed E-state index contributed by atoms with van der Waals surface area (Å²) in [5, 5.41) is 0. The van der Waals surface area contributed by atoms with Gasteiger partial charge in [-0.1, -0.05) is 89.2 Å². The van der Waals surface area contributed by atoms with Crippen LogP contribution in [0.1, 0.15) is 57.7 Å². The number of carbonyl (C=O) groups excluding carboxylic acids is 1. The molecule has 1 amide bonds. The normalized spacial score (nSPS) is 17.1. The second-order valence-corrected chi connectivity index (χ2v) is 8.92. The molecule has 0 fully saturated rings. The van der Waals surface area contributed by atoms with Crippen LogP contribution in [0.4, 0.5) is 5.69 Å². The Morgan fingerprint density at radius 2 is 1.56 bits per heavy atom. The van der Waals surface area contributed by atoms with E-state index in [0.29, 0.717) is 12.5 Å². The number of amides is 1. The Morgan fingerprint density at radius 1 is 0.963 bits per heavy atom. The quantitative estimate of drug-likeness (QED) is 0.618. The summed E-state index contributed by atoms with van der Waals surface area (Å²) < 4.78 is 0. The zero-order valence-electron chi connectivity index (χ0n) is 17.2. The predicted octanol–water partition coefficient (Wildman–Crippen LogP) is 6.41. The molecule has 0 N–H and O–H groups in total. The molecule has 2 heteroatoms. The molecule has 1 aliphatic rings. The van der Waals surface area contributed by atoms with Crippen LogP contribution in [0.15, 0.2) is 48.5 Å². The van der Waals surface area contributed by atoms with E-state index in [0.717, 1.165) is 17.7 Å². The summed E-state index contributed by atoms with van der Waals surface area (Å²) in [6.45, 7) is 11.7. The van der Waals surface area contributed by atoms with Crippen molar-refractivity contribution in [3.8, 4) is 0 Å². The van der Waals surface area contributed by atoms with Gasteiger partial charge in [0.25, 0.3) is 0 Å². The number of rotatable bonds is 3. The van der Waals surface area contributed by atoms with Gasteiger partial charge < -0.3 is 4.90 Å². The molecule has 2 nitrogen and oxygen atoms in total. The summed E-state index contributed by atoms with van der Waals surface area (Å²) in [5.41, 5.74) is 4.67. The SMILES string of the molecule is CC(CC(C)C(C)(C)C)C(=O)N1Cc2ccccc2/C=C\c2ccccc21. The standard InChI is InChI=1S/C25H31NO/c1-18(16-19(2)25(3,4)5)24(27)26-17-22-12-7-6-10-20(22)14-15-21-11-8-9-13-23(21)26/h6-15,18-19H,16-17H2,1-5H3/b15-14-. The molecule has 27 heavy (non-hydrogen) atoms. The van der Waals surface area contributed by atoms with Gasteiger partial charge in [0.2, 0.25) is 5.91 Å². The van der Waals surface area contributed by atoms with Crippen molar-refractivity contribution in [2.75, 3.05) is 4.90 Å². The van der Waals surface area contributed by atoms with Crippen molar-refractivity contribution in [2.45, 2.75) is 47.6 Å². The molecule has 2 aromatic rings. The highest BCUT2D eigenvalue weighted by Gasteiger charge is 2.29. The minimum atomic E-state index is -0.0113. The Kier molecular flexibility index (Phi) is 5.55. The first-order chi connectivity index (χ1) is 12.8. The molecule has 1 aliphatic heterocycles. The Hall–Kier alpha value is -2.35. The average molecular weight is 362 g/mol. The average Bonchev–Trinajstić information content (AvgIpc) is 2.62. The minimum Gasteiger partial charge on any atom is -0.307 e. The fourth-order valence-electron chi connectivity index (χ4n) is 3.60. The van der Waals surface area contributed by atoms with Crippen molar-refractivity contribution in [1.29, 1.82) is 0 Å². The van der Waals surface area contributed by atoms with Gasteiger partial charge in [0.1, 0.15) is 0 Å². The van der Waals surface area contributed by atoms with E-state index in [2.05, 4.69) is 77.1 Å². The second-order valence-electron chi connectivity index (χ2n) is 8.92. The van der Waals surface area contributed by atoms with Crippen LogP contribution in [0.2, 0.25) is 0 Å². The minimum absolute atomic E-state index is 0.0113. The number of nitrogens with zero attached hydrogens (tertiary/aromatic N) is 1. The van der Waals surface area contributed by atoms with Crippen molar-refractivity contribution in [1.82, 2.24) is 0 Å². The summed E-state index contributed by atoms with van der Waals surface area (Å²) in [7, 11) is 0. The van der Waals surface area contributed by atoms with Crippen LogP contribution < -0.4 is 4.90 Å². The molecule has 0 saturated carbocycles. The zero-order chi connectivity index (χ0) is 19.6. The van der Waals surface area contributed by atoms with Gasteiger partial charge in [0.05, 0.1) is 12.2 Å². The largest absolute Gasteiger partial charge is 0.307 e. The van der Waals surface area contributed by atoms with E-state index >= 15 is 0 Å². The molecule has 2 atom stereocenters. The molecule has 2 aromatic carbocycles. The zero-order valence-corrected chi connectivity index (χ0v) is 17.2. The lowest BCUT2D eigenvalue weighted by molar-refractivity contribution is -0.122. The number of para-hydroxylation sites is 1. The third kappa shape index (κ3) is 4.32. The van der Waals surface area contributed by atoms with Gasteiger partial charge >= 0.3 is 0 Å². The molecule has 3 rings (SSSR count). The monoisotopic (exact) mass is 361 g/mol. The number of benzene rings is 2. The molecule has 142 valence electrons. The van der Waals surface area contributed by atoms with Crippen LogP contribution in [-0.2, 0) is 11.3 Å². The first-order valence-corrected chi connectivity index (χ1v) is 9.94. The number of carbonyl (C=O) groups is 1. The highest BCUT2D eigenvalue weighted by atomic mass is 16.2. The molecule has 2 unspecified atom stereocenters. The summed E-state index contributed by atoms with van der Waals surface area (Å²) in [5.74, 6) is 0.681. The molecule has 0 aromatic heterocycles. The topological polar surface area (TPSA) is 20.3 Å². The summed E-state index contributed by atoms with van der Waals surface area (Å²) >= 11 is 0. The number of hydrogen-bond donors (Lipinski definition) is 0. The van der Waals surface area contributed by atoms with E-state index in [1.807, 2.05) is 23.1 Å². The second kappa shape index (κ2) is 7.72. The van der Waals surface area contributed by atoms with Crippen LogP contribution in [0.3, 0.4) is 0 Å². The number of fused-ring (bicyclic) bond motifs is 2. The highest BCUT2D eigenvalue weighted by molar-refractivity contribution is 5.98. The van der Waals surface area contributed by atoms with Crippen molar-refractivity contribution in [2.24, 2.45) is 17.3 Å². The molecule has 1 heterocycles. The molecule has 0 aliphatic carbocycles. The predicted molar refractivity (Wildman–Crippen MR) is 115 cm³/mol. The first-order valence-electron chi connectivity index (χ1n) is 9.94. The van der Waals surface area contributed by atoms with Crippen molar-refractivity contribution in [3.63, 3.8) is 0 Å². The third-order valence-corrected chi connectivity index (χ3v) is 5.93. The van der Waals surface area contributed by atoms with Gasteiger partial charge in [-0.15, -0.1) is 0 Å². The fraction of sp³-hybridized carbons (Fsp3) is 0.400. The van der Waals surface area contributed by atoms with Crippen molar-refractivity contribution in [3.05, 3.63) is 65.2 Å². The lowest BCUT2D eigenvalue weighted by atomic mass is 9.77. The summed E-state index contributed by atoms with van der Waals surface area (Å²) in [6, 6.07) is 16.5. The molecule has 0 spiro atoms. The fourth-order valence-corrected chi connectivity index (χ4v) is 3.60. The third-order valence-electron chi connectivity index (χ3n) is 5.93. The number of hydrogen-bond acceptors (Lipinski definition) is 1. The van der Waals surface area contributed by atoms with Gasteiger partial charge in [-0.3, -0.25) is 4.79 Å². The van der Waals surface area contributed by atoms with Crippen molar-refractivity contribution < 1.29 is 4.79 Å². The maximum absolute atomic E-state index is 13.5. The molecule has 0 saturated heterocycles. The van der Waals surface area contributed by atoms with E-state index in [4.69, 9.17) is 0 Å². The van der Waals surface area contributed by atoms with Gasteiger partial charge in [-0.05, 0) is 40.5 Å². The van der Waals surface area contributed by atoms with E-state index in [1.165, 1.54) is 11.1 Å². The smallest absolute Gasteiger partial charge is 0.230 e. The Balaban J connectivity index is 1.96. The van der Waals surface area contributed by atoms with Gasteiger partial charge in [0.15, 0.2) is 0 Å². The van der Waals surface area contributed by atoms with Crippen LogP contribution >= 0.6 is 0 Å². The van der Waals surface area contributed by atoms with E-state index in [1.54, 1.807) is 0 Å². The number of anilines is 1. The maximum Gasteiger partial charge on any atom is 0.230 e. The molecule has 0 bridgehead atoms. The lowest BCUT2D eigenvalue weighted by Crippen LogP contribution is -2.37. The van der Waals surface area contributed by atoms with Crippen LogP contribution in [0, 0.1) is 17.3 Å². The summed E-state index contributed by atoms with van der Waals surface area (Å²) in [4.78, 5) is 15.5. The van der Waals surface area contributed by atoms with Crippen LogP contribution in [0.5, 0.6) is 0 Å². The van der Waals surface area contributed by atoms with Crippen molar-refractivity contribution >= 4 is 23.7 Å². The molecule has 0 radical (unpaired) electrons. The van der Waals surface area contributed by atoms with Gasteiger partial charge in [-0.25, -0.2) is 0 Å². The van der Waals surface area contributed by atoms with Gasteiger partial charge in [0, 0.05) is 5.92 Å². The molecular weight excluding hydrogens is 330 g/mol. The van der Waals surface area contributed by atoms with Crippen LogP contribution in [-0.4, -0.2) is 5.91 Å². The Bertz CT molecular complexity index is 843. The van der Waals surface area contributed by atoms with Gasteiger partial charge in [-0.2, -0.15) is 0 Å². The Labute approximate surface area is 163 Å². The van der Waals surface area contributed by atoms with E-state index < -0.39 is 0 Å².